The number of rotatable bonds is 5. The van der Waals surface area contributed by atoms with Crippen LogP contribution in [0.3, 0.4) is 0 Å². The summed E-state index contributed by atoms with van der Waals surface area (Å²) in [6.07, 6.45) is -0.429. The Balaban J connectivity index is 1.49. The van der Waals surface area contributed by atoms with Crippen molar-refractivity contribution in [3.63, 3.8) is 0 Å². The molecule has 0 aliphatic heterocycles. The predicted octanol–water partition coefficient (Wildman–Crippen LogP) is 4.45. The van der Waals surface area contributed by atoms with Gasteiger partial charge in [-0.3, -0.25) is 0 Å². The van der Waals surface area contributed by atoms with Gasteiger partial charge in [0.1, 0.15) is 5.82 Å². The first-order valence-electron chi connectivity index (χ1n) is 9.60. The summed E-state index contributed by atoms with van der Waals surface area (Å²) in [7, 11) is 0. The van der Waals surface area contributed by atoms with Crippen LogP contribution in [0.25, 0.3) is 5.65 Å². The molecule has 0 amide bonds. The number of pyridine rings is 1. The quantitative estimate of drug-likeness (QED) is 0.585. The van der Waals surface area contributed by atoms with Crippen LogP contribution < -0.4 is 10.6 Å². The summed E-state index contributed by atoms with van der Waals surface area (Å²) in [5, 5.41) is 20.2. The predicted molar refractivity (Wildman–Crippen MR) is 104 cm³/mol. The highest BCUT2D eigenvalue weighted by Crippen LogP contribution is 2.30. The average Bonchev–Trinajstić information content (AvgIpc) is 3.12. The molecule has 0 saturated heterocycles. The molecule has 0 unspecified atom stereocenters. The topological polar surface area (TPSA) is 74.5 Å². The Kier molecular flexibility index (Phi) is 5.31. The van der Waals surface area contributed by atoms with Crippen LogP contribution in [-0.4, -0.2) is 32.4 Å². The van der Waals surface area contributed by atoms with Gasteiger partial charge in [0.2, 0.25) is 5.95 Å². The summed E-state index contributed by atoms with van der Waals surface area (Å²) >= 11 is 0. The third-order valence-electron chi connectivity index (χ3n) is 5.29. The lowest BCUT2D eigenvalue weighted by molar-refractivity contribution is -0.137. The zero-order valence-corrected chi connectivity index (χ0v) is 15.7. The van der Waals surface area contributed by atoms with E-state index in [-0.39, 0.29) is 6.61 Å². The van der Waals surface area contributed by atoms with Crippen LogP contribution in [0, 0.1) is 5.92 Å². The van der Waals surface area contributed by atoms with Gasteiger partial charge >= 0.3 is 6.18 Å². The number of fused-ring (bicyclic) bond motifs is 1. The van der Waals surface area contributed by atoms with Crippen molar-refractivity contribution in [2.45, 2.75) is 37.9 Å². The van der Waals surface area contributed by atoms with E-state index in [9.17, 15) is 18.3 Å². The number of hydrogen-bond donors (Lipinski definition) is 3. The van der Waals surface area contributed by atoms with Gasteiger partial charge in [0.15, 0.2) is 5.65 Å². The zero-order valence-electron chi connectivity index (χ0n) is 15.7. The molecule has 0 bridgehead atoms. The fourth-order valence-electron chi connectivity index (χ4n) is 3.64. The minimum absolute atomic E-state index is 0.240. The molecular weight excluding hydrogens is 383 g/mol. The van der Waals surface area contributed by atoms with Crippen molar-refractivity contribution in [1.29, 1.82) is 0 Å². The van der Waals surface area contributed by atoms with Crippen LogP contribution in [0.1, 0.15) is 31.2 Å². The molecule has 6 nitrogen and oxygen atoms in total. The molecule has 3 N–H and O–H groups in total. The SMILES string of the molecule is OC[C@H]1CC[C@@H](Nc2cccc3nc(Nc4ccc(C(F)(F)F)cc4)nn23)CC1. The summed E-state index contributed by atoms with van der Waals surface area (Å²) in [5.74, 6) is 1.50. The van der Waals surface area contributed by atoms with Gasteiger partial charge in [0.25, 0.3) is 0 Å². The van der Waals surface area contributed by atoms with Crippen molar-refractivity contribution in [3.8, 4) is 0 Å². The van der Waals surface area contributed by atoms with Gasteiger partial charge in [-0.05, 0) is 68.0 Å². The van der Waals surface area contributed by atoms with Crippen LogP contribution in [-0.2, 0) is 6.18 Å². The lowest BCUT2D eigenvalue weighted by Crippen LogP contribution is -2.28. The molecule has 154 valence electrons. The molecule has 29 heavy (non-hydrogen) atoms. The van der Waals surface area contributed by atoms with Gasteiger partial charge in [-0.25, -0.2) is 0 Å². The Bertz CT molecular complexity index is 962. The Hall–Kier alpha value is -2.81. The Labute approximate surface area is 165 Å². The van der Waals surface area contributed by atoms with E-state index in [1.807, 2.05) is 18.2 Å². The van der Waals surface area contributed by atoms with Crippen LogP contribution >= 0.6 is 0 Å². The molecule has 0 spiro atoms. The summed E-state index contributed by atoms with van der Waals surface area (Å²) in [4.78, 5) is 4.40. The maximum atomic E-state index is 12.7. The number of benzene rings is 1. The van der Waals surface area contributed by atoms with Crippen molar-refractivity contribution in [1.82, 2.24) is 14.6 Å². The van der Waals surface area contributed by atoms with E-state index in [1.54, 1.807) is 4.52 Å². The first kappa shape index (κ1) is 19.5. The largest absolute Gasteiger partial charge is 0.416 e. The molecule has 0 atom stereocenters. The highest BCUT2D eigenvalue weighted by atomic mass is 19.4. The van der Waals surface area contributed by atoms with Crippen LogP contribution in [0.2, 0.25) is 0 Å². The smallest absolute Gasteiger partial charge is 0.396 e. The molecule has 3 aromatic rings. The van der Waals surface area contributed by atoms with Crippen molar-refractivity contribution >= 4 is 23.1 Å². The van der Waals surface area contributed by atoms with Crippen molar-refractivity contribution in [2.24, 2.45) is 5.92 Å². The molecular formula is C20H22F3N5O. The average molecular weight is 405 g/mol. The van der Waals surface area contributed by atoms with Crippen molar-refractivity contribution in [3.05, 3.63) is 48.0 Å². The molecule has 2 aromatic heterocycles. The molecule has 9 heteroatoms. The zero-order chi connectivity index (χ0) is 20.4. The monoisotopic (exact) mass is 405 g/mol. The number of hydrogen-bond acceptors (Lipinski definition) is 5. The van der Waals surface area contributed by atoms with E-state index in [0.29, 0.717) is 29.2 Å². The van der Waals surface area contributed by atoms with Crippen molar-refractivity contribution in [2.75, 3.05) is 17.2 Å². The molecule has 0 radical (unpaired) electrons. The summed E-state index contributed by atoms with van der Waals surface area (Å²) < 4.78 is 39.8. The number of anilines is 3. The molecule has 4 rings (SSSR count). The number of alkyl halides is 3. The number of aromatic nitrogens is 3. The Morgan fingerprint density at radius 2 is 1.76 bits per heavy atom. The Morgan fingerprint density at radius 3 is 2.41 bits per heavy atom. The van der Waals surface area contributed by atoms with Gasteiger partial charge < -0.3 is 15.7 Å². The molecule has 2 heterocycles. The summed E-state index contributed by atoms with van der Waals surface area (Å²) in [5.41, 5.74) is 0.410. The fraction of sp³-hybridized carbons (Fsp3) is 0.400. The number of halogens is 3. The van der Waals surface area contributed by atoms with Gasteiger partial charge in [0, 0.05) is 18.3 Å². The number of nitrogens with one attached hydrogen (secondary N) is 2. The third-order valence-corrected chi connectivity index (χ3v) is 5.29. The molecule has 1 fully saturated rings. The number of aliphatic hydroxyl groups excluding tert-OH is 1. The number of aliphatic hydroxyl groups is 1. The van der Waals surface area contributed by atoms with Gasteiger partial charge in [-0.15, -0.1) is 5.10 Å². The summed E-state index contributed by atoms with van der Waals surface area (Å²) in [6, 6.07) is 10.7. The molecule has 1 aliphatic carbocycles. The molecule has 1 aromatic carbocycles. The second-order valence-electron chi connectivity index (χ2n) is 7.36. The van der Waals surface area contributed by atoms with Crippen LogP contribution in [0.5, 0.6) is 0 Å². The lowest BCUT2D eigenvalue weighted by Gasteiger charge is -2.28. The van der Waals surface area contributed by atoms with E-state index in [1.165, 1.54) is 12.1 Å². The van der Waals surface area contributed by atoms with E-state index in [2.05, 4.69) is 20.7 Å². The van der Waals surface area contributed by atoms with Gasteiger partial charge in [-0.2, -0.15) is 22.7 Å². The fourth-order valence-corrected chi connectivity index (χ4v) is 3.64. The maximum Gasteiger partial charge on any atom is 0.416 e. The second kappa shape index (κ2) is 7.90. The highest BCUT2D eigenvalue weighted by molar-refractivity contribution is 5.58. The standard InChI is InChI=1S/C20H22F3N5O/c21-20(22,23)14-6-10-16(11-7-14)25-19-26-18-3-1-2-17(28(18)27-19)24-15-8-4-13(12-29)5-9-15/h1-3,6-7,10-11,13,15,24,29H,4-5,8-9,12H2,(H,25,27)/t13-,15+. The van der Waals surface area contributed by atoms with E-state index in [0.717, 1.165) is 43.6 Å². The Morgan fingerprint density at radius 1 is 1.03 bits per heavy atom. The third kappa shape index (κ3) is 4.45. The highest BCUT2D eigenvalue weighted by Gasteiger charge is 2.30. The van der Waals surface area contributed by atoms with Crippen LogP contribution in [0.15, 0.2) is 42.5 Å². The second-order valence-corrected chi connectivity index (χ2v) is 7.36. The first-order chi connectivity index (χ1) is 13.9. The van der Waals surface area contributed by atoms with Gasteiger partial charge in [-0.1, -0.05) is 6.07 Å². The van der Waals surface area contributed by atoms with Crippen molar-refractivity contribution < 1.29 is 18.3 Å². The molecule has 1 aliphatic rings. The first-order valence-corrected chi connectivity index (χ1v) is 9.60. The lowest BCUT2D eigenvalue weighted by atomic mass is 9.86. The van der Waals surface area contributed by atoms with E-state index < -0.39 is 11.7 Å². The van der Waals surface area contributed by atoms with Gasteiger partial charge in [0.05, 0.1) is 5.56 Å². The summed E-state index contributed by atoms with van der Waals surface area (Å²) in [6.45, 7) is 0.240. The number of nitrogens with zero attached hydrogens (tertiary/aromatic N) is 3. The van der Waals surface area contributed by atoms with E-state index >= 15 is 0 Å². The van der Waals surface area contributed by atoms with E-state index in [4.69, 9.17) is 0 Å². The van der Waals surface area contributed by atoms with Crippen LogP contribution in [0.4, 0.5) is 30.6 Å². The molecule has 1 saturated carbocycles. The minimum atomic E-state index is -4.36. The normalized spacial score (nSPS) is 20.0. The minimum Gasteiger partial charge on any atom is -0.396 e. The maximum absolute atomic E-state index is 12.7.